The quantitative estimate of drug-likeness (QED) is 0.440. The van der Waals surface area contributed by atoms with Crippen LogP contribution in [0.1, 0.15) is 13.8 Å². The summed E-state index contributed by atoms with van der Waals surface area (Å²) in [5.74, 6) is 0. The second-order valence-electron chi connectivity index (χ2n) is 2.53. The van der Waals surface area contributed by atoms with Crippen molar-refractivity contribution >= 4 is 6.29 Å². The number of aliphatic hydroxyl groups excluding tert-OH is 1. The Hall–Kier alpha value is -0.410. The van der Waals surface area contributed by atoms with Crippen LogP contribution in [0.25, 0.3) is 0 Å². The molecule has 0 fully saturated rings. The second-order valence-corrected chi connectivity index (χ2v) is 2.53. The third kappa shape index (κ3) is 2.11. The molecule has 0 aliphatic rings. The summed E-state index contributed by atoms with van der Waals surface area (Å²) in [5, 5.41) is 8.93. The van der Waals surface area contributed by atoms with Gasteiger partial charge in [-0.1, -0.05) is 0 Å². The van der Waals surface area contributed by atoms with Gasteiger partial charge in [-0.05, 0) is 13.8 Å². The molecule has 0 aromatic carbocycles. The summed E-state index contributed by atoms with van der Waals surface area (Å²) in [6.45, 7) is 3.21. The molecule has 0 bridgehead atoms. The van der Waals surface area contributed by atoms with Crippen LogP contribution in [-0.4, -0.2) is 24.8 Å². The number of hydrogen-bond acceptors (Lipinski definition) is 3. The summed E-state index contributed by atoms with van der Waals surface area (Å²) < 4.78 is 4.53. The number of carbonyl (C=O) groups is 1. The maximum Gasteiger partial charge on any atom is 0.165 e. The molecule has 0 aliphatic heterocycles. The largest absolute Gasteiger partial charge is 0.367 e. The van der Waals surface area contributed by atoms with Crippen molar-refractivity contribution in [3.8, 4) is 0 Å². The molecule has 0 aromatic rings. The summed E-state index contributed by atoms with van der Waals surface area (Å²) in [6, 6.07) is 0. The molecule has 0 aromatic heterocycles. The van der Waals surface area contributed by atoms with Crippen LogP contribution in [-0.2, 0) is 9.53 Å². The fourth-order valence-electron chi connectivity index (χ4n) is 0.362. The van der Waals surface area contributed by atoms with Crippen LogP contribution in [0, 0.1) is 5.41 Å². The number of rotatable bonds is 3. The van der Waals surface area contributed by atoms with Gasteiger partial charge in [-0.15, -0.1) is 0 Å². The van der Waals surface area contributed by atoms with Crippen molar-refractivity contribution < 1.29 is 14.6 Å². The molecular weight excluding hydrogens is 120 g/mol. The van der Waals surface area contributed by atoms with Crippen molar-refractivity contribution in [1.29, 1.82) is 0 Å². The van der Waals surface area contributed by atoms with E-state index < -0.39 is 11.7 Å². The standard InChI is InChI=1S/C6H12O3/c1-6(2,4-7)5(8)9-3/h4-5,8H,1-3H3. The Morgan fingerprint density at radius 2 is 2.11 bits per heavy atom. The highest BCUT2D eigenvalue weighted by atomic mass is 16.6. The van der Waals surface area contributed by atoms with E-state index in [1.54, 1.807) is 13.8 Å². The molecule has 0 rings (SSSR count). The third-order valence-electron chi connectivity index (χ3n) is 1.16. The van der Waals surface area contributed by atoms with Crippen molar-refractivity contribution in [2.75, 3.05) is 7.11 Å². The fraction of sp³-hybridized carbons (Fsp3) is 0.833. The SMILES string of the molecule is COC(O)C(C)(C)C=O. The van der Waals surface area contributed by atoms with Crippen LogP contribution in [0.5, 0.6) is 0 Å². The Labute approximate surface area is 54.6 Å². The molecule has 0 spiro atoms. The van der Waals surface area contributed by atoms with Crippen molar-refractivity contribution in [3.05, 3.63) is 0 Å². The van der Waals surface area contributed by atoms with E-state index in [0.29, 0.717) is 6.29 Å². The van der Waals surface area contributed by atoms with Crippen molar-refractivity contribution in [1.82, 2.24) is 0 Å². The van der Waals surface area contributed by atoms with E-state index in [1.807, 2.05) is 0 Å². The van der Waals surface area contributed by atoms with Crippen LogP contribution in [0.15, 0.2) is 0 Å². The Morgan fingerprint density at radius 1 is 1.67 bits per heavy atom. The molecule has 1 atom stereocenters. The van der Waals surface area contributed by atoms with E-state index in [9.17, 15) is 4.79 Å². The highest BCUT2D eigenvalue weighted by Crippen LogP contribution is 2.16. The van der Waals surface area contributed by atoms with Crippen LogP contribution < -0.4 is 0 Å². The Balaban J connectivity index is 3.95. The molecule has 1 N–H and O–H groups in total. The number of hydrogen-bond donors (Lipinski definition) is 1. The summed E-state index contributed by atoms with van der Waals surface area (Å²) in [7, 11) is 1.36. The molecule has 0 saturated heterocycles. The number of aldehydes is 1. The molecule has 0 radical (unpaired) electrons. The number of methoxy groups -OCH3 is 1. The van der Waals surface area contributed by atoms with Crippen LogP contribution in [0.4, 0.5) is 0 Å². The van der Waals surface area contributed by atoms with Gasteiger partial charge in [0.05, 0.1) is 5.41 Å². The Morgan fingerprint density at radius 3 is 2.22 bits per heavy atom. The van der Waals surface area contributed by atoms with Crippen LogP contribution in [0.3, 0.4) is 0 Å². The van der Waals surface area contributed by atoms with Gasteiger partial charge in [0.1, 0.15) is 6.29 Å². The first-order valence-corrected chi connectivity index (χ1v) is 2.72. The summed E-state index contributed by atoms with van der Waals surface area (Å²) in [5.41, 5.74) is -0.797. The minimum Gasteiger partial charge on any atom is -0.367 e. The van der Waals surface area contributed by atoms with E-state index >= 15 is 0 Å². The topological polar surface area (TPSA) is 46.5 Å². The van der Waals surface area contributed by atoms with Gasteiger partial charge in [0.2, 0.25) is 0 Å². The molecule has 9 heavy (non-hydrogen) atoms. The minimum absolute atomic E-state index is 0.668. The van der Waals surface area contributed by atoms with Gasteiger partial charge in [-0.25, -0.2) is 0 Å². The molecule has 3 heteroatoms. The molecule has 0 heterocycles. The second kappa shape index (κ2) is 2.94. The smallest absolute Gasteiger partial charge is 0.165 e. The lowest BCUT2D eigenvalue weighted by molar-refractivity contribution is -0.155. The van der Waals surface area contributed by atoms with Crippen molar-refractivity contribution in [2.24, 2.45) is 5.41 Å². The van der Waals surface area contributed by atoms with Gasteiger partial charge in [0.25, 0.3) is 0 Å². The Kier molecular flexibility index (Phi) is 2.81. The van der Waals surface area contributed by atoms with Crippen LogP contribution in [0.2, 0.25) is 0 Å². The first kappa shape index (κ1) is 8.59. The number of aliphatic hydroxyl groups is 1. The lowest BCUT2D eigenvalue weighted by Gasteiger charge is -2.21. The fourth-order valence-corrected chi connectivity index (χ4v) is 0.362. The maximum absolute atomic E-state index is 10.2. The molecular formula is C6H12O3. The average molecular weight is 132 g/mol. The predicted molar refractivity (Wildman–Crippen MR) is 32.9 cm³/mol. The highest BCUT2D eigenvalue weighted by Gasteiger charge is 2.26. The van der Waals surface area contributed by atoms with Gasteiger partial charge in [-0.2, -0.15) is 0 Å². The first-order chi connectivity index (χ1) is 4.04. The molecule has 0 aliphatic carbocycles. The maximum atomic E-state index is 10.2. The third-order valence-corrected chi connectivity index (χ3v) is 1.16. The van der Waals surface area contributed by atoms with Gasteiger partial charge in [0, 0.05) is 7.11 Å². The molecule has 0 amide bonds. The summed E-state index contributed by atoms with van der Waals surface area (Å²) in [6.07, 6.45) is -0.337. The summed E-state index contributed by atoms with van der Waals surface area (Å²) >= 11 is 0. The zero-order valence-electron chi connectivity index (χ0n) is 5.92. The lowest BCUT2D eigenvalue weighted by atomic mass is 9.95. The number of ether oxygens (including phenoxy) is 1. The highest BCUT2D eigenvalue weighted by molar-refractivity contribution is 5.58. The molecule has 3 nitrogen and oxygen atoms in total. The van der Waals surface area contributed by atoms with Gasteiger partial charge >= 0.3 is 0 Å². The van der Waals surface area contributed by atoms with E-state index in [1.165, 1.54) is 7.11 Å². The molecule has 54 valence electrons. The van der Waals surface area contributed by atoms with Crippen LogP contribution >= 0.6 is 0 Å². The molecule has 1 unspecified atom stereocenters. The van der Waals surface area contributed by atoms with Crippen molar-refractivity contribution in [2.45, 2.75) is 20.1 Å². The van der Waals surface area contributed by atoms with E-state index in [4.69, 9.17) is 5.11 Å². The van der Waals surface area contributed by atoms with Crippen molar-refractivity contribution in [3.63, 3.8) is 0 Å². The van der Waals surface area contributed by atoms with E-state index in [-0.39, 0.29) is 0 Å². The summed E-state index contributed by atoms with van der Waals surface area (Å²) in [4.78, 5) is 10.2. The normalized spacial score (nSPS) is 15.1. The predicted octanol–water partition coefficient (Wildman–Crippen LogP) is 0.176. The minimum atomic E-state index is -1.00. The zero-order valence-corrected chi connectivity index (χ0v) is 5.92. The van der Waals surface area contributed by atoms with E-state index in [2.05, 4.69) is 4.74 Å². The van der Waals surface area contributed by atoms with Gasteiger partial charge in [-0.3, -0.25) is 0 Å². The monoisotopic (exact) mass is 132 g/mol. The van der Waals surface area contributed by atoms with E-state index in [0.717, 1.165) is 0 Å². The van der Waals surface area contributed by atoms with Gasteiger partial charge in [0.15, 0.2) is 6.29 Å². The van der Waals surface area contributed by atoms with Gasteiger partial charge < -0.3 is 14.6 Å². The Bertz CT molecular complexity index is 98.5. The zero-order chi connectivity index (χ0) is 7.49. The molecule has 0 saturated carbocycles. The average Bonchev–Trinajstić information content (AvgIpc) is 1.86. The number of carbonyl (C=O) groups excluding carboxylic acids is 1. The first-order valence-electron chi connectivity index (χ1n) is 2.72. The lowest BCUT2D eigenvalue weighted by Crippen LogP contribution is -2.31.